The van der Waals surface area contributed by atoms with E-state index < -0.39 is 0 Å². The number of amides is 1. The summed E-state index contributed by atoms with van der Waals surface area (Å²) in [7, 11) is 1.87. The van der Waals surface area contributed by atoms with Gasteiger partial charge in [-0.25, -0.2) is 0 Å². The summed E-state index contributed by atoms with van der Waals surface area (Å²) in [5.41, 5.74) is 2.14. The molecule has 2 atom stereocenters. The Kier molecular flexibility index (Phi) is 3.44. The van der Waals surface area contributed by atoms with Crippen molar-refractivity contribution in [2.45, 2.75) is 18.9 Å². The third-order valence-corrected chi connectivity index (χ3v) is 4.49. The van der Waals surface area contributed by atoms with E-state index in [2.05, 4.69) is 10.4 Å². The number of fused-ring (bicyclic) bond motifs is 1. The Bertz CT molecular complexity index is 740. The average molecular weight is 313 g/mol. The van der Waals surface area contributed by atoms with Gasteiger partial charge in [-0.05, 0) is 36.1 Å². The van der Waals surface area contributed by atoms with Gasteiger partial charge in [-0.15, -0.1) is 0 Å². The van der Waals surface area contributed by atoms with Crippen LogP contribution in [0.2, 0.25) is 0 Å². The van der Waals surface area contributed by atoms with E-state index in [4.69, 9.17) is 9.47 Å². The van der Waals surface area contributed by atoms with Crippen LogP contribution in [0.5, 0.6) is 11.5 Å². The molecular formula is C17H19N3O3. The van der Waals surface area contributed by atoms with Crippen molar-refractivity contribution in [1.29, 1.82) is 0 Å². The van der Waals surface area contributed by atoms with Crippen LogP contribution >= 0.6 is 0 Å². The van der Waals surface area contributed by atoms with Crippen LogP contribution in [0.1, 0.15) is 23.6 Å². The highest BCUT2D eigenvalue weighted by Crippen LogP contribution is 2.49. The first-order valence-corrected chi connectivity index (χ1v) is 7.86. The van der Waals surface area contributed by atoms with Crippen LogP contribution in [-0.4, -0.2) is 28.9 Å². The van der Waals surface area contributed by atoms with Gasteiger partial charge in [0.05, 0.1) is 12.2 Å². The summed E-state index contributed by atoms with van der Waals surface area (Å²) in [5.74, 6) is 2.00. The molecule has 2 aliphatic rings. The third kappa shape index (κ3) is 2.76. The molecule has 23 heavy (non-hydrogen) atoms. The van der Waals surface area contributed by atoms with Crippen LogP contribution < -0.4 is 14.8 Å². The van der Waals surface area contributed by atoms with Crippen molar-refractivity contribution in [2.75, 3.05) is 13.2 Å². The van der Waals surface area contributed by atoms with Gasteiger partial charge >= 0.3 is 0 Å². The molecule has 1 aromatic heterocycles. The maximum atomic E-state index is 12.3. The first kappa shape index (κ1) is 14.1. The molecule has 6 heteroatoms. The third-order valence-electron chi connectivity index (χ3n) is 4.49. The van der Waals surface area contributed by atoms with E-state index in [1.807, 2.05) is 31.3 Å². The number of nitrogens with one attached hydrogen (secondary N) is 1. The fourth-order valence-corrected chi connectivity index (χ4v) is 3.03. The Morgan fingerprint density at radius 2 is 2.13 bits per heavy atom. The number of aromatic nitrogens is 2. The fourth-order valence-electron chi connectivity index (χ4n) is 3.03. The summed E-state index contributed by atoms with van der Waals surface area (Å²) in [5, 5.41) is 7.09. The van der Waals surface area contributed by atoms with Crippen molar-refractivity contribution in [3.05, 3.63) is 41.7 Å². The van der Waals surface area contributed by atoms with Crippen LogP contribution in [0.25, 0.3) is 0 Å². The minimum absolute atomic E-state index is 0.0470. The fraction of sp³-hybridized carbons (Fsp3) is 0.412. The second-order valence-electron chi connectivity index (χ2n) is 6.02. The Labute approximate surface area is 134 Å². The molecule has 2 heterocycles. The van der Waals surface area contributed by atoms with Crippen molar-refractivity contribution in [3.8, 4) is 11.5 Å². The Morgan fingerprint density at radius 1 is 1.30 bits per heavy atom. The van der Waals surface area contributed by atoms with Crippen molar-refractivity contribution in [1.82, 2.24) is 15.1 Å². The van der Waals surface area contributed by atoms with E-state index in [-0.39, 0.29) is 17.7 Å². The van der Waals surface area contributed by atoms with Crippen LogP contribution in [0.15, 0.2) is 30.5 Å². The molecule has 0 saturated heterocycles. The van der Waals surface area contributed by atoms with Gasteiger partial charge in [0, 0.05) is 19.2 Å². The number of carbonyl (C=O) groups excluding carboxylic acids is 1. The monoisotopic (exact) mass is 313 g/mol. The number of hydrogen-bond acceptors (Lipinski definition) is 4. The first-order chi connectivity index (χ1) is 11.2. The molecule has 4 rings (SSSR count). The second kappa shape index (κ2) is 5.61. The highest BCUT2D eigenvalue weighted by molar-refractivity contribution is 5.82. The zero-order valence-corrected chi connectivity index (χ0v) is 13.0. The van der Waals surface area contributed by atoms with E-state index in [0.717, 1.165) is 29.2 Å². The van der Waals surface area contributed by atoms with Crippen molar-refractivity contribution < 1.29 is 14.3 Å². The summed E-state index contributed by atoms with van der Waals surface area (Å²) in [6, 6.07) is 7.89. The molecule has 1 saturated carbocycles. The lowest BCUT2D eigenvalue weighted by molar-refractivity contribution is -0.122. The van der Waals surface area contributed by atoms with Crippen molar-refractivity contribution in [2.24, 2.45) is 13.0 Å². The quantitative estimate of drug-likeness (QED) is 0.931. The van der Waals surface area contributed by atoms with Crippen LogP contribution in [0, 0.1) is 5.92 Å². The van der Waals surface area contributed by atoms with E-state index in [9.17, 15) is 4.79 Å². The minimum atomic E-state index is 0.0470. The van der Waals surface area contributed by atoms with Gasteiger partial charge in [-0.2, -0.15) is 5.10 Å². The van der Waals surface area contributed by atoms with Crippen LogP contribution in [0.4, 0.5) is 0 Å². The summed E-state index contributed by atoms with van der Waals surface area (Å²) >= 11 is 0. The smallest absolute Gasteiger partial charge is 0.224 e. The lowest BCUT2D eigenvalue weighted by atomic mass is 10.1. The number of ether oxygens (including phenoxy) is 2. The van der Waals surface area contributed by atoms with Gasteiger partial charge in [0.25, 0.3) is 0 Å². The zero-order valence-electron chi connectivity index (χ0n) is 13.0. The number of hydrogen-bond donors (Lipinski definition) is 1. The largest absolute Gasteiger partial charge is 0.486 e. The maximum Gasteiger partial charge on any atom is 0.224 e. The first-order valence-electron chi connectivity index (χ1n) is 7.86. The molecule has 1 aliphatic carbocycles. The number of nitrogens with zero attached hydrogens (tertiary/aromatic N) is 2. The van der Waals surface area contributed by atoms with Gasteiger partial charge < -0.3 is 14.8 Å². The average Bonchev–Trinajstić information content (AvgIpc) is 3.28. The molecule has 2 aromatic rings. The lowest BCUT2D eigenvalue weighted by Crippen LogP contribution is -2.26. The van der Waals surface area contributed by atoms with Crippen LogP contribution in [0.3, 0.4) is 0 Å². The van der Waals surface area contributed by atoms with Crippen LogP contribution in [-0.2, 0) is 18.4 Å². The molecule has 0 spiro atoms. The number of carbonyl (C=O) groups is 1. The van der Waals surface area contributed by atoms with Crippen molar-refractivity contribution in [3.63, 3.8) is 0 Å². The number of rotatable bonds is 4. The standard InChI is InChI=1S/C17H19N3O3/c1-20-12(4-5-19-20)10-18-17(21)14-9-13(14)11-2-3-15-16(8-11)23-7-6-22-15/h2-5,8,13-14H,6-7,9-10H2,1H3,(H,18,21)/t13-,14-/m1/s1. The molecule has 0 unspecified atom stereocenters. The van der Waals surface area contributed by atoms with Gasteiger partial charge in [0.1, 0.15) is 13.2 Å². The summed E-state index contributed by atoms with van der Waals surface area (Å²) in [4.78, 5) is 12.3. The van der Waals surface area contributed by atoms with E-state index >= 15 is 0 Å². The molecule has 120 valence electrons. The Hall–Kier alpha value is -2.50. The van der Waals surface area contributed by atoms with E-state index in [1.165, 1.54) is 0 Å². The summed E-state index contributed by atoms with van der Waals surface area (Å²) in [6.45, 7) is 1.68. The highest BCUT2D eigenvalue weighted by Gasteiger charge is 2.44. The number of benzene rings is 1. The molecule has 1 aromatic carbocycles. The molecule has 0 radical (unpaired) electrons. The zero-order chi connectivity index (χ0) is 15.8. The van der Waals surface area contributed by atoms with E-state index in [0.29, 0.717) is 19.8 Å². The maximum absolute atomic E-state index is 12.3. The molecule has 0 bridgehead atoms. The number of aryl methyl sites for hydroxylation is 1. The normalized spacial score (nSPS) is 21.8. The van der Waals surface area contributed by atoms with Gasteiger partial charge in [-0.3, -0.25) is 9.48 Å². The summed E-state index contributed by atoms with van der Waals surface area (Å²) < 4.78 is 12.9. The topological polar surface area (TPSA) is 65.4 Å². The molecule has 1 aliphatic heterocycles. The minimum Gasteiger partial charge on any atom is -0.486 e. The van der Waals surface area contributed by atoms with E-state index in [1.54, 1.807) is 10.9 Å². The SMILES string of the molecule is Cn1nccc1CNC(=O)[C@@H]1C[C@@H]1c1ccc2c(c1)OCCO2. The second-order valence-corrected chi connectivity index (χ2v) is 6.02. The predicted molar refractivity (Wildman–Crippen MR) is 83.3 cm³/mol. The molecule has 1 fully saturated rings. The molecular weight excluding hydrogens is 294 g/mol. The lowest BCUT2D eigenvalue weighted by Gasteiger charge is -2.18. The van der Waals surface area contributed by atoms with Gasteiger partial charge in [0.2, 0.25) is 5.91 Å². The van der Waals surface area contributed by atoms with Crippen molar-refractivity contribution >= 4 is 5.91 Å². The Morgan fingerprint density at radius 3 is 2.91 bits per heavy atom. The molecule has 1 N–H and O–H groups in total. The van der Waals surface area contributed by atoms with Gasteiger partial charge in [0.15, 0.2) is 11.5 Å². The predicted octanol–water partition coefficient (Wildman–Crippen LogP) is 1.61. The molecule has 1 amide bonds. The Balaban J connectivity index is 1.38. The van der Waals surface area contributed by atoms with Gasteiger partial charge in [-0.1, -0.05) is 6.07 Å². The highest BCUT2D eigenvalue weighted by atomic mass is 16.6. The molecule has 6 nitrogen and oxygen atoms in total. The summed E-state index contributed by atoms with van der Waals surface area (Å²) in [6.07, 6.45) is 2.62.